The van der Waals surface area contributed by atoms with E-state index < -0.39 is 0 Å². The summed E-state index contributed by atoms with van der Waals surface area (Å²) in [6.45, 7) is 6.68. The molecule has 2 aliphatic rings. The number of nitrogens with one attached hydrogen (secondary N) is 1. The Bertz CT molecular complexity index is 971. The maximum Gasteiger partial charge on any atom is 0.254 e. The van der Waals surface area contributed by atoms with Crippen molar-refractivity contribution in [1.29, 1.82) is 0 Å². The lowest BCUT2D eigenvalue weighted by Crippen LogP contribution is -2.41. The van der Waals surface area contributed by atoms with Gasteiger partial charge < -0.3 is 10.2 Å². The molecule has 2 fully saturated rings. The lowest BCUT2D eigenvalue weighted by Gasteiger charge is -2.31. The fourth-order valence-corrected chi connectivity index (χ4v) is 4.52. The van der Waals surface area contributed by atoms with Crippen LogP contribution in [0, 0.1) is 0 Å². The van der Waals surface area contributed by atoms with Crippen LogP contribution in [0.25, 0.3) is 11.0 Å². The molecule has 29 heavy (non-hydrogen) atoms. The first-order valence-electron chi connectivity index (χ1n) is 10.5. The van der Waals surface area contributed by atoms with Gasteiger partial charge in [-0.15, -0.1) is 0 Å². The van der Waals surface area contributed by atoms with Crippen molar-refractivity contribution >= 4 is 35.3 Å². The molecule has 3 heterocycles. The Morgan fingerprint density at radius 2 is 1.93 bits per heavy atom. The molecule has 2 aromatic heterocycles. The minimum absolute atomic E-state index is 0.0776. The molecule has 0 bridgehead atoms. The predicted octanol–water partition coefficient (Wildman–Crippen LogP) is 3.05. The number of anilines is 1. The maximum absolute atomic E-state index is 12.9. The Balaban J connectivity index is 1.66. The maximum atomic E-state index is 12.9. The Labute approximate surface area is 170 Å². The van der Waals surface area contributed by atoms with E-state index in [1.807, 2.05) is 9.47 Å². The van der Waals surface area contributed by atoms with Gasteiger partial charge in [0.1, 0.15) is 0 Å². The molecule has 1 saturated carbocycles. The summed E-state index contributed by atoms with van der Waals surface area (Å²) in [6, 6.07) is 1.91. The van der Waals surface area contributed by atoms with Gasteiger partial charge in [0.2, 0.25) is 11.9 Å². The molecule has 0 atom stereocenters. The Morgan fingerprint density at radius 3 is 2.59 bits per heavy atom. The Morgan fingerprint density at radius 1 is 1.21 bits per heavy atom. The van der Waals surface area contributed by atoms with E-state index in [1.165, 1.54) is 12.5 Å². The number of amides is 1. The number of likely N-dealkylation sites (tertiary alicyclic amines) is 1. The third kappa shape index (κ3) is 4.02. The van der Waals surface area contributed by atoms with Crippen molar-refractivity contribution < 1.29 is 4.79 Å². The van der Waals surface area contributed by atoms with Crippen molar-refractivity contribution in [3.8, 4) is 0 Å². The smallest absolute Gasteiger partial charge is 0.254 e. The van der Waals surface area contributed by atoms with Crippen molar-refractivity contribution in [1.82, 2.24) is 19.4 Å². The van der Waals surface area contributed by atoms with E-state index in [0.717, 1.165) is 57.0 Å². The molecule has 0 radical (unpaired) electrons. The second-order valence-corrected chi connectivity index (χ2v) is 8.04. The molecule has 8 nitrogen and oxygen atoms in total. The molecule has 1 aliphatic heterocycles. The zero-order valence-corrected chi connectivity index (χ0v) is 16.9. The van der Waals surface area contributed by atoms with E-state index in [-0.39, 0.29) is 23.6 Å². The van der Waals surface area contributed by atoms with Crippen LogP contribution in [0.2, 0.25) is 0 Å². The molecule has 1 saturated heterocycles. The monoisotopic (exact) mass is 396 g/mol. The van der Waals surface area contributed by atoms with E-state index in [0.29, 0.717) is 17.3 Å². The van der Waals surface area contributed by atoms with Crippen LogP contribution in [-0.4, -0.2) is 51.2 Å². The van der Waals surface area contributed by atoms with Crippen LogP contribution in [0.15, 0.2) is 22.1 Å². The second-order valence-electron chi connectivity index (χ2n) is 8.04. The number of rotatable bonds is 4. The number of nitrogens with zero attached hydrogens (tertiary/aromatic N) is 5. The number of hydrogen-bond acceptors (Lipinski definition) is 6. The number of carbonyl (C=O) groups excluding carboxylic acids is 1. The van der Waals surface area contributed by atoms with Gasteiger partial charge in [0.05, 0.1) is 11.1 Å². The third-order valence-corrected chi connectivity index (χ3v) is 6.15. The van der Waals surface area contributed by atoms with Crippen LogP contribution in [0.4, 0.5) is 11.6 Å². The summed E-state index contributed by atoms with van der Waals surface area (Å²) in [7, 11) is 0. The number of aromatic nitrogens is 3. The van der Waals surface area contributed by atoms with Gasteiger partial charge in [-0.05, 0) is 32.4 Å². The summed E-state index contributed by atoms with van der Waals surface area (Å²) >= 11 is 0. The number of carbonyl (C=O) groups is 1. The first kappa shape index (κ1) is 19.5. The summed E-state index contributed by atoms with van der Waals surface area (Å²) in [5.74, 6) is 0.635. The van der Waals surface area contributed by atoms with Crippen molar-refractivity contribution in [3.05, 3.63) is 22.6 Å². The summed E-state index contributed by atoms with van der Waals surface area (Å²) in [6.07, 6.45) is 8.90. The molecular formula is C21H28N6O2. The van der Waals surface area contributed by atoms with E-state index >= 15 is 0 Å². The molecule has 2 aromatic rings. The first-order chi connectivity index (χ1) is 14.1. The van der Waals surface area contributed by atoms with Gasteiger partial charge in [-0.2, -0.15) is 4.98 Å². The highest BCUT2D eigenvalue weighted by atomic mass is 16.2. The van der Waals surface area contributed by atoms with E-state index in [9.17, 15) is 9.59 Å². The van der Waals surface area contributed by atoms with Gasteiger partial charge in [-0.1, -0.05) is 19.3 Å². The van der Waals surface area contributed by atoms with Crippen LogP contribution in [0.5, 0.6) is 0 Å². The second kappa shape index (κ2) is 8.31. The van der Waals surface area contributed by atoms with Gasteiger partial charge >= 0.3 is 0 Å². The van der Waals surface area contributed by atoms with Gasteiger partial charge in [-0.3, -0.25) is 19.1 Å². The van der Waals surface area contributed by atoms with Crippen LogP contribution >= 0.6 is 0 Å². The average molecular weight is 396 g/mol. The molecule has 1 amide bonds. The third-order valence-electron chi connectivity index (χ3n) is 6.15. The van der Waals surface area contributed by atoms with Crippen molar-refractivity contribution in [3.63, 3.8) is 0 Å². The van der Waals surface area contributed by atoms with Crippen molar-refractivity contribution in [2.45, 2.75) is 64.0 Å². The van der Waals surface area contributed by atoms with Gasteiger partial charge in [0, 0.05) is 44.4 Å². The largest absolute Gasteiger partial charge is 0.351 e. The quantitative estimate of drug-likeness (QED) is 0.802. The molecule has 4 rings (SSSR count). The van der Waals surface area contributed by atoms with Crippen LogP contribution in [0.3, 0.4) is 0 Å². The molecule has 0 unspecified atom stereocenters. The summed E-state index contributed by atoms with van der Waals surface area (Å²) in [4.78, 5) is 39.5. The summed E-state index contributed by atoms with van der Waals surface area (Å²) < 4.78 is 1.83. The fourth-order valence-electron chi connectivity index (χ4n) is 4.52. The number of fused-ring (bicyclic) bond motifs is 1. The topological polar surface area (TPSA) is 92.5 Å². The SMILES string of the molecule is C=Nc1cc(=O)n(C2CCCCC2)c2nc(NC3CCN(C(C)=O)CC3)ncc12. The number of hydrogen-bond donors (Lipinski definition) is 1. The molecule has 1 aliphatic carbocycles. The molecular weight excluding hydrogens is 368 g/mol. The lowest BCUT2D eigenvalue weighted by molar-refractivity contribution is -0.129. The Hall–Kier alpha value is -2.77. The molecule has 8 heteroatoms. The Kier molecular flexibility index (Phi) is 5.60. The van der Waals surface area contributed by atoms with Gasteiger partial charge in [0.25, 0.3) is 5.56 Å². The van der Waals surface area contributed by atoms with Crippen molar-refractivity contribution in [2.24, 2.45) is 4.99 Å². The first-order valence-corrected chi connectivity index (χ1v) is 10.5. The van der Waals surface area contributed by atoms with Gasteiger partial charge in [-0.25, -0.2) is 4.98 Å². The fraction of sp³-hybridized carbons (Fsp3) is 0.571. The van der Waals surface area contributed by atoms with E-state index in [2.05, 4.69) is 22.0 Å². The number of pyridine rings is 1. The molecule has 154 valence electrons. The standard InChI is InChI=1S/C21H28N6O2/c1-14(28)26-10-8-15(9-11-26)24-21-23-13-17-18(22-2)12-19(29)27(20(17)25-21)16-6-4-3-5-7-16/h12-13,15-16H,2-11H2,1H3,(H,23,24,25). The highest BCUT2D eigenvalue weighted by molar-refractivity contribution is 5.88. The molecule has 0 aromatic carbocycles. The van der Waals surface area contributed by atoms with Crippen LogP contribution in [-0.2, 0) is 4.79 Å². The predicted molar refractivity (Wildman–Crippen MR) is 114 cm³/mol. The van der Waals surface area contributed by atoms with E-state index in [1.54, 1.807) is 13.1 Å². The van der Waals surface area contributed by atoms with Crippen LogP contribution in [0.1, 0.15) is 57.9 Å². The van der Waals surface area contributed by atoms with Crippen LogP contribution < -0.4 is 10.9 Å². The zero-order chi connectivity index (χ0) is 20.4. The minimum Gasteiger partial charge on any atom is -0.351 e. The summed E-state index contributed by atoms with van der Waals surface area (Å²) in [5, 5.41) is 4.15. The van der Waals surface area contributed by atoms with E-state index in [4.69, 9.17) is 4.98 Å². The summed E-state index contributed by atoms with van der Waals surface area (Å²) in [5.41, 5.74) is 1.08. The highest BCUT2D eigenvalue weighted by Gasteiger charge is 2.23. The molecule has 0 spiro atoms. The van der Waals surface area contributed by atoms with Crippen molar-refractivity contribution in [2.75, 3.05) is 18.4 Å². The number of piperidine rings is 1. The number of aliphatic imine (C=N–C) groups is 1. The zero-order valence-electron chi connectivity index (χ0n) is 16.9. The molecule has 1 N–H and O–H groups in total. The highest BCUT2D eigenvalue weighted by Crippen LogP contribution is 2.31. The van der Waals surface area contributed by atoms with Gasteiger partial charge in [0.15, 0.2) is 5.65 Å². The lowest BCUT2D eigenvalue weighted by atomic mass is 9.95. The normalized spacial score (nSPS) is 18.7. The average Bonchev–Trinajstić information content (AvgIpc) is 2.74. The minimum atomic E-state index is -0.0776.